The number of aryl methyl sites for hydroxylation is 1. The van der Waals surface area contributed by atoms with Gasteiger partial charge in [-0.15, -0.1) is 0 Å². The lowest BCUT2D eigenvalue weighted by Gasteiger charge is -2.13. The van der Waals surface area contributed by atoms with E-state index in [1.165, 1.54) is 16.8 Å². The summed E-state index contributed by atoms with van der Waals surface area (Å²) >= 11 is 0. The lowest BCUT2D eigenvalue weighted by Crippen LogP contribution is -2.29. The van der Waals surface area contributed by atoms with Crippen molar-refractivity contribution in [1.82, 2.24) is 15.1 Å². The first kappa shape index (κ1) is 17.7. The maximum Gasteiger partial charge on any atom is 0.271 e. The number of rotatable bonds is 7. The van der Waals surface area contributed by atoms with E-state index in [4.69, 9.17) is 0 Å². The Bertz CT molecular complexity index is 735. The number of nitrogens with one attached hydrogen (secondary N) is 1. The Hall–Kier alpha value is -2.63. The quantitative estimate of drug-likeness (QED) is 0.844. The van der Waals surface area contributed by atoms with Crippen molar-refractivity contribution in [3.63, 3.8) is 0 Å². The van der Waals surface area contributed by atoms with Gasteiger partial charge in [-0.05, 0) is 30.2 Å². The first-order valence-corrected chi connectivity index (χ1v) is 8.14. The number of hydrogen-bond acceptors (Lipinski definition) is 4. The van der Waals surface area contributed by atoms with Gasteiger partial charge >= 0.3 is 0 Å². The fourth-order valence-electron chi connectivity index (χ4n) is 2.22. The largest absolute Gasteiger partial charge is 0.378 e. The van der Waals surface area contributed by atoms with Gasteiger partial charge in [-0.25, -0.2) is 4.68 Å². The van der Waals surface area contributed by atoms with Crippen molar-refractivity contribution in [1.29, 1.82) is 0 Å². The van der Waals surface area contributed by atoms with Crippen molar-refractivity contribution < 1.29 is 4.79 Å². The molecule has 1 aromatic heterocycles. The minimum absolute atomic E-state index is 0.181. The van der Waals surface area contributed by atoms with E-state index in [1.54, 1.807) is 0 Å². The molecule has 0 atom stereocenters. The molecule has 128 valence electrons. The fourth-order valence-corrected chi connectivity index (χ4v) is 2.22. The van der Waals surface area contributed by atoms with Crippen LogP contribution in [0.4, 0.5) is 5.69 Å². The monoisotopic (exact) mass is 328 g/mol. The summed E-state index contributed by atoms with van der Waals surface area (Å²) in [5, 5.41) is 6.98. The Balaban J connectivity index is 2.00. The van der Waals surface area contributed by atoms with Crippen LogP contribution in [0, 0.1) is 0 Å². The molecule has 0 aliphatic carbocycles. The summed E-state index contributed by atoms with van der Waals surface area (Å²) in [4.78, 5) is 26.0. The summed E-state index contributed by atoms with van der Waals surface area (Å²) in [5.74, 6) is -0.281. The molecule has 0 radical (unpaired) electrons. The van der Waals surface area contributed by atoms with E-state index in [0.29, 0.717) is 13.1 Å². The molecule has 2 aromatic rings. The minimum atomic E-state index is -0.281. The summed E-state index contributed by atoms with van der Waals surface area (Å²) in [6.45, 7) is 2.99. The lowest BCUT2D eigenvalue weighted by molar-refractivity contribution is 0.0943. The van der Waals surface area contributed by atoms with E-state index < -0.39 is 0 Å². The van der Waals surface area contributed by atoms with Gasteiger partial charge in [0.2, 0.25) is 0 Å². The second kappa shape index (κ2) is 8.29. The molecule has 0 aliphatic rings. The number of unbranched alkanes of at least 4 members (excludes halogenated alkanes) is 1. The van der Waals surface area contributed by atoms with Crippen LogP contribution in [0.5, 0.6) is 0 Å². The first-order chi connectivity index (χ1) is 11.5. The van der Waals surface area contributed by atoms with Crippen molar-refractivity contribution in [3.8, 4) is 0 Å². The molecular formula is C18H24N4O2. The zero-order valence-corrected chi connectivity index (χ0v) is 14.5. The molecule has 6 heteroatoms. The standard InChI is InChI=1S/C18H24N4O2/c1-4-5-12-22-17(23)11-10-16(20-22)18(24)19-13-14-6-8-15(9-7-14)21(2)3/h6-11H,4-5,12-13H2,1-3H3,(H,19,24). The van der Waals surface area contributed by atoms with Crippen LogP contribution < -0.4 is 15.8 Å². The molecule has 0 aliphatic heterocycles. The summed E-state index contributed by atoms with van der Waals surface area (Å²) in [7, 11) is 3.96. The molecule has 0 saturated carbocycles. The highest BCUT2D eigenvalue weighted by atomic mass is 16.2. The number of hydrogen-bond donors (Lipinski definition) is 1. The minimum Gasteiger partial charge on any atom is -0.378 e. The summed E-state index contributed by atoms with van der Waals surface area (Å²) in [6.07, 6.45) is 1.82. The normalized spacial score (nSPS) is 10.5. The zero-order chi connectivity index (χ0) is 17.5. The molecular weight excluding hydrogens is 304 g/mol. The van der Waals surface area contributed by atoms with Crippen LogP contribution in [-0.4, -0.2) is 29.8 Å². The van der Waals surface area contributed by atoms with Crippen LogP contribution >= 0.6 is 0 Å². The molecule has 0 saturated heterocycles. The van der Waals surface area contributed by atoms with Gasteiger partial charge in [0.1, 0.15) is 5.69 Å². The Labute approximate surface area is 142 Å². The topological polar surface area (TPSA) is 67.2 Å². The number of anilines is 1. The van der Waals surface area contributed by atoms with E-state index in [2.05, 4.69) is 10.4 Å². The zero-order valence-electron chi connectivity index (χ0n) is 14.5. The third kappa shape index (κ3) is 4.68. The SMILES string of the molecule is CCCCn1nc(C(=O)NCc2ccc(N(C)C)cc2)ccc1=O. The van der Waals surface area contributed by atoms with Crippen LogP contribution in [0.25, 0.3) is 0 Å². The highest BCUT2D eigenvalue weighted by Gasteiger charge is 2.09. The van der Waals surface area contributed by atoms with Crippen LogP contribution in [0.15, 0.2) is 41.2 Å². The van der Waals surface area contributed by atoms with Gasteiger partial charge in [0, 0.05) is 38.9 Å². The highest BCUT2D eigenvalue weighted by Crippen LogP contribution is 2.12. The maximum absolute atomic E-state index is 12.2. The van der Waals surface area contributed by atoms with Gasteiger partial charge in [-0.2, -0.15) is 5.10 Å². The van der Waals surface area contributed by atoms with Gasteiger partial charge in [0.15, 0.2) is 0 Å². The third-order valence-electron chi connectivity index (χ3n) is 3.73. The summed E-state index contributed by atoms with van der Waals surface area (Å²) < 4.78 is 1.35. The summed E-state index contributed by atoms with van der Waals surface area (Å²) in [5.41, 5.74) is 2.19. The Morgan fingerprint density at radius 1 is 1.17 bits per heavy atom. The molecule has 1 aromatic carbocycles. The number of benzene rings is 1. The predicted molar refractivity (Wildman–Crippen MR) is 95.3 cm³/mol. The fraction of sp³-hybridized carbons (Fsp3) is 0.389. The smallest absolute Gasteiger partial charge is 0.271 e. The van der Waals surface area contributed by atoms with E-state index >= 15 is 0 Å². The van der Waals surface area contributed by atoms with Crippen molar-refractivity contribution >= 4 is 11.6 Å². The van der Waals surface area contributed by atoms with Crippen molar-refractivity contribution in [2.24, 2.45) is 0 Å². The number of carbonyl (C=O) groups is 1. The Morgan fingerprint density at radius 3 is 2.50 bits per heavy atom. The number of nitrogens with zero attached hydrogens (tertiary/aromatic N) is 3. The number of amides is 1. The Kier molecular flexibility index (Phi) is 6.12. The van der Waals surface area contributed by atoms with Gasteiger partial charge in [-0.1, -0.05) is 25.5 Å². The first-order valence-electron chi connectivity index (χ1n) is 8.14. The maximum atomic E-state index is 12.2. The van der Waals surface area contributed by atoms with Crippen molar-refractivity contribution in [3.05, 3.63) is 58.0 Å². The summed E-state index contributed by atoms with van der Waals surface area (Å²) in [6, 6.07) is 10.8. The van der Waals surface area contributed by atoms with Crippen LogP contribution in [0.1, 0.15) is 35.8 Å². The van der Waals surface area contributed by atoms with Crippen LogP contribution in [-0.2, 0) is 13.1 Å². The molecule has 1 amide bonds. The molecule has 0 bridgehead atoms. The van der Waals surface area contributed by atoms with Gasteiger partial charge in [-0.3, -0.25) is 9.59 Å². The van der Waals surface area contributed by atoms with Crippen LogP contribution in [0.3, 0.4) is 0 Å². The number of aromatic nitrogens is 2. The third-order valence-corrected chi connectivity index (χ3v) is 3.73. The predicted octanol–water partition coefficient (Wildman–Crippen LogP) is 2.04. The van der Waals surface area contributed by atoms with E-state index in [0.717, 1.165) is 24.1 Å². The van der Waals surface area contributed by atoms with E-state index in [-0.39, 0.29) is 17.2 Å². The lowest BCUT2D eigenvalue weighted by atomic mass is 10.2. The molecule has 0 unspecified atom stereocenters. The average molecular weight is 328 g/mol. The molecule has 1 N–H and O–H groups in total. The highest BCUT2D eigenvalue weighted by molar-refractivity contribution is 5.91. The second-order valence-electron chi connectivity index (χ2n) is 5.88. The Morgan fingerprint density at radius 2 is 1.88 bits per heavy atom. The molecule has 1 heterocycles. The second-order valence-corrected chi connectivity index (χ2v) is 5.88. The number of carbonyl (C=O) groups excluding carboxylic acids is 1. The van der Waals surface area contributed by atoms with Gasteiger partial charge < -0.3 is 10.2 Å². The van der Waals surface area contributed by atoms with Gasteiger partial charge in [0.25, 0.3) is 11.5 Å². The molecule has 2 rings (SSSR count). The van der Waals surface area contributed by atoms with Gasteiger partial charge in [0.05, 0.1) is 0 Å². The molecule has 0 spiro atoms. The average Bonchev–Trinajstić information content (AvgIpc) is 2.59. The molecule has 24 heavy (non-hydrogen) atoms. The van der Waals surface area contributed by atoms with E-state index in [1.807, 2.05) is 50.2 Å². The van der Waals surface area contributed by atoms with Crippen LogP contribution in [0.2, 0.25) is 0 Å². The van der Waals surface area contributed by atoms with Crippen molar-refractivity contribution in [2.75, 3.05) is 19.0 Å². The molecule has 0 fully saturated rings. The van der Waals surface area contributed by atoms with E-state index in [9.17, 15) is 9.59 Å². The van der Waals surface area contributed by atoms with Crippen molar-refractivity contribution in [2.45, 2.75) is 32.9 Å². The molecule has 6 nitrogen and oxygen atoms in total.